The summed E-state index contributed by atoms with van der Waals surface area (Å²) in [6, 6.07) is 12.7. The molecule has 28 heavy (non-hydrogen) atoms. The van der Waals surface area contributed by atoms with Gasteiger partial charge in [-0.15, -0.1) is 0 Å². The summed E-state index contributed by atoms with van der Waals surface area (Å²) in [7, 11) is 1.56. The van der Waals surface area contributed by atoms with Crippen molar-refractivity contribution in [3.63, 3.8) is 0 Å². The Morgan fingerprint density at radius 3 is 2.79 bits per heavy atom. The molecule has 0 bridgehead atoms. The first-order valence-corrected chi connectivity index (χ1v) is 9.06. The molecule has 0 radical (unpaired) electrons. The van der Waals surface area contributed by atoms with Crippen molar-refractivity contribution < 1.29 is 23.7 Å². The Hall–Kier alpha value is -3.22. The second kappa shape index (κ2) is 9.12. The third kappa shape index (κ3) is 5.16. The van der Waals surface area contributed by atoms with Gasteiger partial charge in [-0.1, -0.05) is 26.0 Å². The highest BCUT2D eigenvalue weighted by Gasteiger charge is 2.14. The van der Waals surface area contributed by atoms with E-state index >= 15 is 0 Å². The molecule has 7 nitrogen and oxygen atoms in total. The van der Waals surface area contributed by atoms with Gasteiger partial charge >= 0.3 is 0 Å². The van der Waals surface area contributed by atoms with Gasteiger partial charge in [-0.3, -0.25) is 10.1 Å². The number of methoxy groups -OCH3 is 1. The molecule has 0 saturated heterocycles. The van der Waals surface area contributed by atoms with E-state index in [0.717, 1.165) is 11.3 Å². The van der Waals surface area contributed by atoms with Crippen LogP contribution in [0.1, 0.15) is 29.8 Å². The zero-order chi connectivity index (χ0) is 19.9. The Labute approximate surface area is 164 Å². The number of hydrogen-bond acceptors (Lipinski definition) is 6. The maximum absolute atomic E-state index is 12.6. The average molecular weight is 384 g/mol. The van der Waals surface area contributed by atoms with Crippen molar-refractivity contribution >= 4 is 11.9 Å². The first-order chi connectivity index (χ1) is 13.5. The summed E-state index contributed by atoms with van der Waals surface area (Å²) in [5.74, 6) is 2.00. The number of carbonyl (C=O) groups excluding carboxylic acids is 1. The fraction of sp³-hybridized carbons (Fsp3) is 0.333. The van der Waals surface area contributed by atoms with Crippen LogP contribution in [0, 0.1) is 5.92 Å². The summed E-state index contributed by atoms with van der Waals surface area (Å²) in [6.45, 7) is 5.06. The molecule has 148 valence electrons. The van der Waals surface area contributed by atoms with Crippen molar-refractivity contribution in [2.75, 3.05) is 20.5 Å². The van der Waals surface area contributed by atoms with E-state index in [1.165, 1.54) is 0 Å². The summed E-state index contributed by atoms with van der Waals surface area (Å²) in [4.78, 5) is 17.0. The van der Waals surface area contributed by atoms with Crippen molar-refractivity contribution in [1.82, 2.24) is 5.32 Å². The van der Waals surface area contributed by atoms with E-state index in [2.05, 4.69) is 10.3 Å². The molecule has 0 aliphatic carbocycles. The van der Waals surface area contributed by atoms with Gasteiger partial charge in [-0.2, -0.15) is 0 Å². The van der Waals surface area contributed by atoms with Gasteiger partial charge in [0, 0.05) is 5.56 Å². The van der Waals surface area contributed by atoms with E-state index in [9.17, 15) is 4.79 Å². The van der Waals surface area contributed by atoms with Crippen molar-refractivity contribution in [2.45, 2.75) is 20.4 Å². The molecule has 1 amide bonds. The van der Waals surface area contributed by atoms with Gasteiger partial charge in [0.15, 0.2) is 11.5 Å². The molecule has 1 aliphatic rings. The molecule has 1 aliphatic heterocycles. The lowest BCUT2D eigenvalue weighted by molar-refractivity contribution is 0.0962. The number of amidine groups is 1. The summed E-state index contributed by atoms with van der Waals surface area (Å²) >= 11 is 0. The number of fused-ring (bicyclic) bond motifs is 1. The Kier molecular flexibility index (Phi) is 6.37. The number of rotatable bonds is 6. The Bertz CT molecular complexity index is 864. The lowest BCUT2D eigenvalue weighted by atomic mass is 10.2. The van der Waals surface area contributed by atoms with Crippen LogP contribution in [0.15, 0.2) is 47.5 Å². The first-order valence-electron chi connectivity index (χ1n) is 9.06. The third-order valence-corrected chi connectivity index (χ3v) is 3.95. The molecule has 1 heterocycles. The van der Waals surface area contributed by atoms with Gasteiger partial charge in [0.25, 0.3) is 11.9 Å². The minimum Gasteiger partial charge on any atom is -0.497 e. The number of benzene rings is 2. The highest BCUT2D eigenvalue weighted by Crippen LogP contribution is 2.32. The van der Waals surface area contributed by atoms with Gasteiger partial charge in [-0.25, -0.2) is 4.99 Å². The van der Waals surface area contributed by atoms with E-state index in [1.54, 1.807) is 31.4 Å². The van der Waals surface area contributed by atoms with Crippen LogP contribution in [0.3, 0.4) is 0 Å². The van der Waals surface area contributed by atoms with E-state index < -0.39 is 0 Å². The van der Waals surface area contributed by atoms with Gasteiger partial charge in [0.05, 0.1) is 20.3 Å². The quantitative estimate of drug-likeness (QED) is 0.610. The third-order valence-electron chi connectivity index (χ3n) is 3.95. The number of ether oxygens (including phenoxy) is 4. The number of aliphatic imine (C=N–C) groups is 1. The SMILES string of the molecule is COc1cccc(C(=O)NC(=NCc2ccc3c(c2)OCO3)OCC(C)C)c1. The normalized spacial score (nSPS) is 12.8. The van der Waals surface area contributed by atoms with Crippen LogP contribution >= 0.6 is 0 Å². The molecule has 7 heteroatoms. The molecule has 1 N–H and O–H groups in total. The number of nitrogens with one attached hydrogen (secondary N) is 1. The van der Waals surface area contributed by atoms with Crippen molar-refractivity contribution in [3.05, 3.63) is 53.6 Å². The highest BCUT2D eigenvalue weighted by atomic mass is 16.7. The standard InChI is InChI=1S/C21H24N2O5/c1-14(2)12-26-21(23-20(24)16-5-4-6-17(10-16)25-3)22-11-15-7-8-18-19(9-15)28-13-27-18/h4-10,14H,11-13H2,1-3H3,(H,22,23,24). The van der Waals surface area contributed by atoms with Gasteiger partial charge in [0.2, 0.25) is 6.79 Å². The number of carbonyl (C=O) groups is 1. The molecule has 0 unspecified atom stereocenters. The fourth-order valence-corrected chi connectivity index (χ4v) is 2.50. The van der Waals surface area contributed by atoms with Crippen LogP contribution in [0.4, 0.5) is 0 Å². The van der Waals surface area contributed by atoms with Crippen molar-refractivity contribution in [3.8, 4) is 17.2 Å². The van der Waals surface area contributed by atoms with Crippen LogP contribution < -0.4 is 19.5 Å². The second-order valence-electron chi connectivity index (χ2n) is 6.70. The van der Waals surface area contributed by atoms with Gasteiger partial charge in [-0.05, 0) is 41.8 Å². The topological polar surface area (TPSA) is 78.4 Å². The molecular formula is C21H24N2O5. The maximum atomic E-state index is 12.6. The van der Waals surface area contributed by atoms with Gasteiger partial charge in [0.1, 0.15) is 5.75 Å². The minimum atomic E-state index is -0.313. The summed E-state index contributed by atoms with van der Waals surface area (Å²) < 4.78 is 21.6. The number of amides is 1. The van der Waals surface area contributed by atoms with Crippen LogP contribution in [0.25, 0.3) is 0 Å². The number of hydrogen-bond donors (Lipinski definition) is 1. The van der Waals surface area contributed by atoms with E-state index in [4.69, 9.17) is 18.9 Å². The van der Waals surface area contributed by atoms with E-state index in [1.807, 2.05) is 32.0 Å². The molecule has 3 rings (SSSR count). The fourth-order valence-electron chi connectivity index (χ4n) is 2.50. The molecule has 0 spiro atoms. The van der Waals surface area contributed by atoms with Crippen molar-refractivity contribution in [2.24, 2.45) is 10.9 Å². The van der Waals surface area contributed by atoms with E-state index in [0.29, 0.717) is 36.1 Å². The van der Waals surface area contributed by atoms with Crippen molar-refractivity contribution in [1.29, 1.82) is 0 Å². The Morgan fingerprint density at radius 2 is 2.00 bits per heavy atom. The lowest BCUT2D eigenvalue weighted by Crippen LogP contribution is -2.33. The minimum absolute atomic E-state index is 0.180. The Balaban J connectivity index is 1.72. The lowest BCUT2D eigenvalue weighted by Gasteiger charge is -2.13. The Morgan fingerprint density at radius 1 is 1.18 bits per heavy atom. The molecule has 0 atom stereocenters. The molecule has 2 aromatic carbocycles. The highest BCUT2D eigenvalue weighted by molar-refractivity contribution is 6.04. The zero-order valence-corrected chi connectivity index (χ0v) is 16.2. The molecular weight excluding hydrogens is 360 g/mol. The molecule has 0 aromatic heterocycles. The maximum Gasteiger partial charge on any atom is 0.292 e. The van der Waals surface area contributed by atoms with E-state index in [-0.39, 0.29) is 18.7 Å². The van der Waals surface area contributed by atoms with Crippen LogP contribution in [-0.4, -0.2) is 32.4 Å². The van der Waals surface area contributed by atoms with Gasteiger partial charge < -0.3 is 18.9 Å². The summed E-state index contributed by atoms with van der Waals surface area (Å²) in [5, 5.41) is 2.74. The average Bonchev–Trinajstić information content (AvgIpc) is 3.17. The summed E-state index contributed by atoms with van der Waals surface area (Å²) in [5.41, 5.74) is 1.38. The zero-order valence-electron chi connectivity index (χ0n) is 16.2. The molecule has 2 aromatic rings. The monoisotopic (exact) mass is 384 g/mol. The first kappa shape index (κ1) is 19.5. The predicted molar refractivity (Wildman–Crippen MR) is 105 cm³/mol. The number of nitrogens with zero attached hydrogens (tertiary/aromatic N) is 1. The van der Waals surface area contributed by atoms with Crippen LogP contribution in [-0.2, 0) is 11.3 Å². The van der Waals surface area contributed by atoms with Crippen LogP contribution in [0.5, 0.6) is 17.2 Å². The predicted octanol–water partition coefficient (Wildman–Crippen LogP) is 3.38. The summed E-state index contributed by atoms with van der Waals surface area (Å²) in [6.07, 6.45) is 0. The second-order valence-corrected chi connectivity index (χ2v) is 6.70. The molecule has 0 saturated carbocycles. The largest absolute Gasteiger partial charge is 0.497 e. The van der Waals surface area contributed by atoms with Crippen LogP contribution in [0.2, 0.25) is 0 Å². The molecule has 0 fully saturated rings. The smallest absolute Gasteiger partial charge is 0.292 e.